The molecule has 0 aromatic heterocycles. The second-order valence-electron chi connectivity index (χ2n) is 5.60. The molecule has 1 unspecified atom stereocenters. The van der Waals surface area contributed by atoms with Crippen LogP contribution in [-0.4, -0.2) is 22.0 Å². The molecule has 1 aromatic carbocycles. The van der Waals surface area contributed by atoms with Gasteiger partial charge >= 0.3 is 0 Å². The number of fused-ring (bicyclic) bond motifs is 4. The van der Waals surface area contributed by atoms with E-state index in [4.69, 9.17) is 5.11 Å². The van der Waals surface area contributed by atoms with Gasteiger partial charge in [0, 0.05) is 17.7 Å². The van der Waals surface area contributed by atoms with Crippen molar-refractivity contribution >= 4 is 11.4 Å². The van der Waals surface area contributed by atoms with E-state index in [1.54, 1.807) is 30.4 Å². The van der Waals surface area contributed by atoms with Gasteiger partial charge in [0.2, 0.25) is 0 Å². The Morgan fingerprint density at radius 3 is 2.82 bits per heavy atom. The second kappa shape index (κ2) is 4.51. The highest BCUT2D eigenvalue weighted by Gasteiger charge is 2.42. The largest absolute Gasteiger partial charge is 0.624 e. The van der Waals surface area contributed by atoms with E-state index in [0.717, 1.165) is 22.5 Å². The lowest BCUT2D eigenvalue weighted by Crippen LogP contribution is -2.97. The zero-order chi connectivity index (χ0) is 15.3. The number of aliphatic hydroxyl groups excluding tert-OH is 1. The van der Waals surface area contributed by atoms with Crippen LogP contribution in [0.5, 0.6) is 5.75 Å². The molecule has 1 aromatic rings. The van der Waals surface area contributed by atoms with E-state index in [1.165, 1.54) is 12.4 Å². The second-order valence-corrected chi connectivity index (χ2v) is 5.60. The first kappa shape index (κ1) is 13.2. The Morgan fingerprint density at radius 1 is 1.27 bits per heavy atom. The number of hydrogen-bond donors (Lipinski definition) is 2. The van der Waals surface area contributed by atoms with Gasteiger partial charge in [-0.15, -0.1) is 0 Å². The molecule has 2 aliphatic heterocycles. The van der Waals surface area contributed by atoms with Gasteiger partial charge in [-0.05, 0) is 35.9 Å². The van der Waals surface area contributed by atoms with Crippen molar-refractivity contribution in [2.75, 3.05) is 0 Å². The van der Waals surface area contributed by atoms with Crippen LogP contribution in [0.4, 0.5) is 5.69 Å². The first-order valence-electron chi connectivity index (χ1n) is 7.05. The number of rotatable bonds is 0. The standard InChI is InChI=1S/C17H14N2O3/c20-11-1-3-15-13(9-11)17(5-7-19(22)8-6-17)14-10-12(21)2-4-16(14)18-15/h1-11,19-21H/p+1. The molecule has 5 nitrogen and oxygen atoms in total. The number of quaternary nitrogens is 1. The minimum atomic E-state index is -0.675. The molecule has 0 saturated carbocycles. The van der Waals surface area contributed by atoms with E-state index in [0.29, 0.717) is 5.75 Å². The van der Waals surface area contributed by atoms with Crippen LogP contribution in [0.15, 0.2) is 71.5 Å². The number of hydroxylamine groups is 2. The fourth-order valence-corrected chi connectivity index (χ4v) is 3.18. The van der Waals surface area contributed by atoms with E-state index in [9.17, 15) is 10.3 Å². The molecule has 1 aliphatic carbocycles. The lowest BCUT2D eigenvalue weighted by molar-refractivity contribution is -0.731. The van der Waals surface area contributed by atoms with Crippen LogP contribution in [-0.2, 0) is 5.41 Å². The third-order valence-electron chi connectivity index (χ3n) is 4.21. The van der Waals surface area contributed by atoms with Gasteiger partial charge in [-0.2, -0.15) is 0 Å². The van der Waals surface area contributed by atoms with Gasteiger partial charge in [-0.1, -0.05) is 6.08 Å². The summed E-state index contributed by atoms with van der Waals surface area (Å²) >= 11 is 0. The van der Waals surface area contributed by atoms with Crippen molar-refractivity contribution in [3.63, 3.8) is 0 Å². The maximum absolute atomic E-state index is 11.6. The van der Waals surface area contributed by atoms with Crippen molar-refractivity contribution in [3.05, 3.63) is 77.3 Å². The van der Waals surface area contributed by atoms with Crippen LogP contribution in [0.1, 0.15) is 5.56 Å². The molecule has 1 spiro atoms. The molecule has 4 N–H and O–H groups in total. The summed E-state index contributed by atoms with van der Waals surface area (Å²) in [5.41, 5.74) is 2.62. The zero-order valence-corrected chi connectivity index (χ0v) is 11.7. The van der Waals surface area contributed by atoms with Gasteiger partial charge in [0.05, 0.1) is 35.3 Å². The van der Waals surface area contributed by atoms with Crippen LogP contribution in [0.2, 0.25) is 0 Å². The molecular weight excluding hydrogens is 280 g/mol. The van der Waals surface area contributed by atoms with Crippen molar-refractivity contribution in [3.8, 4) is 5.75 Å². The highest BCUT2D eigenvalue weighted by atomic mass is 16.5. The Bertz CT molecular complexity index is 788. The third kappa shape index (κ3) is 1.80. The van der Waals surface area contributed by atoms with E-state index in [1.807, 2.05) is 18.2 Å². The summed E-state index contributed by atoms with van der Waals surface area (Å²) in [5.74, 6) is 0.392. The first-order valence-corrected chi connectivity index (χ1v) is 7.05. The maximum Gasteiger partial charge on any atom is 0.254 e. The predicted octanol–water partition coefficient (Wildman–Crippen LogP) is 0.729. The summed E-state index contributed by atoms with van der Waals surface area (Å²) in [7, 11) is 0. The Hall–Kier alpha value is -2.47. The molecular formula is C17H15N2O3+. The number of aliphatic imine (C=N–C) groups is 1. The summed E-state index contributed by atoms with van der Waals surface area (Å²) in [4.78, 5) is 4.63. The predicted molar refractivity (Wildman–Crippen MR) is 84.1 cm³/mol. The molecule has 0 fully saturated rings. The van der Waals surface area contributed by atoms with Crippen molar-refractivity contribution in [1.82, 2.24) is 0 Å². The van der Waals surface area contributed by atoms with Crippen molar-refractivity contribution in [2.45, 2.75) is 11.5 Å². The summed E-state index contributed by atoms with van der Waals surface area (Å²) in [5, 5.41) is 29.4. The van der Waals surface area contributed by atoms with E-state index in [2.05, 4.69) is 4.99 Å². The quantitative estimate of drug-likeness (QED) is 0.546. The molecule has 110 valence electrons. The minimum absolute atomic E-state index is 0.0641. The van der Waals surface area contributed by atoms with Gasteiger partial charge < -0.3 is 20.5 Å². The number of nitrogens with zero attached hydrogens (tertiary/aromatic N) is 1. The van der Waals surface area contributed by atoms with E-state index >= 15 is 0 Å². The topological polar surface area (TPSA) is 83.0 Å². The van der Waals surface area contributed by atoms with Crippen LogP contribution in [0.3, 0.4) is 0 Å². The summed E-state index contributed by atoms with van der Waals surface area (Å²) < 4.78 is 0. The molecule has 0 amide bonds. The van der Waals surface area contributed by atoms with Crippen molar-refractivity contribution in [2.24, 2.45) is 4.99 Å². The van der Waals surface area contributed by atoms with Gasteiger partial charge in [-0.25, -0.2) is 4.99 Å². The number of aliphatic hydroxyl groups is 1. The van der Waals surface area contributed by atoms with Crippen LogP contribution in [0.25, 0.3) is 0 Å². The smallest absolute Gasteiger partial charge is 0.254 e. The first-order chi connectivity index (χ1) is 10.6. The van der Waals surface area contributed by atoms with Crippen LogP contribution >= 0.6 is 0 Å². The van der Waals surface area contributed by atoms with Crippen LogP contribution in [0, 0.1) is 5.21 Å². The SMILES string of the molecule is [O-][NH+]1C=CC2(C=C1)C1=CC(O)C=CC1=Nc1ccc([OH2+])cc12. The van der Waals surface area contributed by atoms with Gasteiger partial charge in [0.15, 0.2) is 0 Å². The Morgan fingerprint density at radius 2 is 2.05 bits per heavy atom. The summed E-state index contributed by atoms with van der Waals surface area (Å²) in [6.07, 6.45) is 11.3. The number of nitrogens with one attached hydrogen (secondary N) is 1. The molecule has 22 heavy (non-hydrogen) atoms. The third-order valence-corrected chi connectivity index (χ3v) is 4.21. The summed E-state index contributed by atoms with van der Waals surface area (Å²) in [6.45, 7) is 0. The molecule has 0 saturated heterocycles. The average molecular weight is 295 g/mol. The molecule has 2 heterocycles. The molecule has 3 aliphatic rings. The monoisotopic (exact) mass is 295 g/mol. The minimum Gasteiger partial charge on any atom is -0.624 e. The van der Waals surface area contributed by atoms with Gasteiger partial charge in [0.25, 0.3) is 5.75 Å². The van der Waals surface area contributed by atoms with E-state index in [-0.39, 0.29) is 5.06 Å². The molecule has 1 atom stereocenters. The van der Waals surface area contributed by atoms with Crippen LogP contribution < -0.4 is 5.06 Å². The molecule has 5 heteroatoms. The number of hydrogen-bond acceptors (Lipinski definition) is 3. The van der Waals surface area contributed by atoms with E-state index < -0.39 is 11.5 Å². The molecule has 0 bridgehead atoms. The highest BCUT2D eigenvalue weighted by Crippen LogP contribution is 2.47. The lowest BCUT2D eigenvalue weighted by atomic mass is 9.68. The molecule has 4 rings (SSSR count). The number of allylic oxidation sites excluding steroid dienone is 4. The normalized spacial score (nSPS) is 31.5. The van der Waals surface area contributed by atoms with Crippen molar-refractivity contribution < 1.29 is 15.3 Å². The van der Waals surface area contributed by atoms with Gasteiger partial charge in [0.1, 0.15) is 0 Å². The Balaban J connectivity index is 2.02. The maximum atomic E-state index is 11.6. The lowest BCUT2D eigenvalue weighted by Gasteiger charge is -2.38. The van der Waals surface area contributed by atoms with Gasteiger partial charge in [-0.3, -0.25) is 0 Å². The highest BCUT2D eigenvalue weighted by molar-refractivity contribution is 6.14. The fourth-order valence-electron chi connectivity index (χ4n) is 3.18. The average Bonchev–Trinajstić information content (AvgIpc) is 2.51. The molecule has 0 radical (unpaired) electrons. The Labute approximate surface area is 127 Å². The van der Waals surface area contributed by atoms with Crippen molar-refractivity contribution in [1.29, 1.82) is 0 Å². The zero-order valence-electron chi connectivity index (χ0n) is 11.7. The summed E-state index contributed by atoms with van der Waals surface area (Å²) in [6, 6.07) is 5.29. The fraction of sp³-hybridized carbons (Fsp3) is 0.118. The Kier molecular flexibility index (Phi) is 2.71. The number of benzene rings is 1.